The van der Waals surface area contributed by atoms with Gasteiger partial charge in [0.25, 0.3) is 5.89 Å². The van der Waals surface area contributed by atoms with Crippen molar-refractivity contribution in [3.8, 4) is 11.6 Å². The normalized spacial score (nSPS) is 10.9. The lowest BCUT2D eigenvalue weighted by molar-refractivity contribution is 0.126. The maximum Gasteiger partial charge on any atom is 0.277 e. The van der Waals surface area contributed by atoms with E-state index >= 15 is 0 Å². The highest BCUT2D eigenvalue weighted by atomic mass is 32.1. The van der Waals surface area contributed by atoms with E-state index in [-0.39, 0.29) is 0 Å². The van der Waals surface area contributed by atoms with Crippen molar-refractivity contribution in [1.29, 1.82) is 0 Å². The summed E-state index contributed by atoms with van der Waals surface area (Å²) in [6.45, 7) is 3.49. The van der Waals surface area contributed by atoms with Gasteiger partial charge in [-0.1, -0.05) is 5.16 Å². The van der Waals surface area contributed by atoms with E-state index in [2.05, 4.69) is 15.1 Å². The zero-order valence-electron chi connectivity index (χ0n) is 9.55. The van der Waals surface area contributed by atoms with Crippen LogP contribution < -0.4 is 5.73 Å². The number of hydrogen-bond donors (Lipinski definition) is 1. The van der Waals surface area contributed by atoms with E-state index in [9.17, 15) is 0 Å². The molecule has 92 valence electrons. The van der Waals surface area contributed by atoms with Gasteiger partial charge in [0.1, 0.15) is 12.3 Å². The molecule has 0 saturated heterocycles. The average Bonchev–Trinajstić information content (AvgIpc) is 2.95. The summed E-state index contributed by atoms with van der Waals surface area (Å²) in [7, 11) is 0. The molecule has 0 spiro atoms. The van der Waals surface area contributed by atoms with E-state index < -0.39 is 0 Å². The fourth-order valence-electron chi connectivity index (χ4n) is 1.26. The van der Waals surface area contributed by atoms with Gasteiger partial charge in [0.2, 0.25) is 0 Å². The molecule has 6 nitrogen and oxygen atoms in total. The summed E-state index contributed by atoms with van der Waals surface area (Å²) < 4.78 is 10.3. The van der Waals surface area contributed by atoms with Crippen molar-refractivity contribution in [1.82, 2.24) is 15.1 Å². The van der Waals surface area contributed by atoms with Crippen molar-refractivity contribution in [3.05, 3.63) is 16.2 Å². The lowest BCUT2D eigenvalue weighted by atomic mass is 10.4. The highest BCUT2D eigenvalue weighted by Crippen LogP contribution is 2.20. The van der Waals surface area contributed by atoms with Crippen LogP contribution in [0.1, 0.15) is 17.8 Å². The highest BCUT2D eigenvalue weighted by molar-refractivity contribution is 7.09. The molecule has 0 unspecified atom stereocenters. The van der Waals surface area contributed by atoms with Gasteiger partial charge in [0.05, 0.1) is 5.01 Å². The van der Waals surface area contributed by atoms with E-state index in [1.54, 1.807) is 11.3 Å². The molecule has 17 heavy (non-hydrogen) atoms. The van der Waals surface area contributed by atoms with E-state index in [1.165, 1.54) is 0 Å². The third kappa shape index (κ3) is 3.09. The SMILES string of the molecule is CCOCc1noc(-c2csc(CCN)n2)n1. The second kappa shape index (κ2) is 5.85. The molecule has 0 aliphatic rings. The van der Waals surface area contributed by atoms with E-state index in [1.807, 2.05) is 12.3 Å². The Morgan fingerprint density at radius 3 is 3.12 bits per heavy atom. The summed E-state index contributed by atoms with van der Waals surface area (Å²) in [5, 5.41) is 6.68. The smallest absolute Gasteiger partial charge is 0.277 e. The molecule has 2 aromatic rings. The molecule has 0 amide bonds. The van der Waals surface area contributed by atoms with Crippen LogP contribution >= 0.6 is 11.3 Å². The predicted octanol–water partition coefficient (Wildman–Crippen LogP) is 1.23. The van der Waals surface area contributed by atoms with Crippen molar-refractivity contribution < 1.29 is 9.26 Å². The van der Waals surface area contributed by atoms with Crippen LogP contribution in [0.3, 0.4) is 0 Å². The molecule has 2 N–H and O–H groups in total. The first-order chi connectivity index (χ1) is 8.33. The van der Waals surface area contributed by atoms with Gasteiger partial charge in [-0.2, -0.15) is 4.98 Å². The maximum absolute atomic E-state index is 5.47. The van der Waals surface area contributed by atoms with E-state index in [0.717, 1.165) is 11.4 Å². The van der Waals surface area contributed by atoms with Crippen LogP contribution in [0.4, 0.5) is 0 Å². The summed E-state index contributed by atoms with van der Waals surface area (Å²) in [5.74, 6) is 0.967. The summed E-state index contributed by atoms with van der Waals surface area (Å²) in [6, 6.07) is 0. The number of nitrogens with zero attached hydrogens (tertiary/aromatic N) is 3. The van der Waals surface area contributed by atoms with Crippen LogP contribution in [-0.2, 0) is 17.8 Å². The van der Waals surface area contributed by atoms with Crippen LogP contribution in [0.25, 0.3) is 11.6 Å². The monoisotopic (exact) mass is 254 g/mol. The van der Waals surface area contributed by atoms with Gasteiger partial charge in [0.15, 0.2) is 5.82 Å². The molecule has 2 aromatic heterocycles. The van der Waals surface area contributed by atoms with Crippen molar-refractivity contribution in [2.24, 2.45) is 5.73 Å². The molecular formula is C10H14N4O2S. The second-order valence-corrected chi connectivity index (χ2v) is 4.26. The number of rotatable bonds is 6. The van der Waals surface area contributed by atoms with Crippen molar-refractivity contribution in [2.45, 2.75) is 20.0 Å². The quantitative estimate of drug-likeness (QED) is 0.834. The van der Waals surface area contributed by atoms with Crippen LogP contribution in [0.5, 0.6) is 0 Å². The molecule has 0 aliphatic carbocycles. The predicted molar refractivity (Wildman–Crippen MR) is 63.5 cm³/mol. The minimum absolute atomic E-state index is 0.361. The van der Waals surface area contributed by atoms with Crippen molar-refractivity contribution in [3.63, 3.8) is 0 Å². The Hall–Kier alpha value is -1.31. The molecule has 2 heterocycles. The average molecular weight is 254 g/mol. The van der Waals surface area contributed by atoms with Gasteiger partial charge in [-0.3, -0.25) is 0 Å². The first-order valence-corrected chi connectivity index (χ1v) is 6.26. The van der Waals surface area contributed by atoms with Gasteiger partial charge in [-0.25, -0.2) is 4.98 Å². The lowest BCUT2D eigenvalue weighted by Gasteiger charge is -1.91. The first kappa shape index (κ1) is 12.2. The Morgan fingerprint density at radius 2 is 2.35 bits per heavy atom. The van der Waals surface area contributed by atoms with Crippen molar-refractivity contribution in [2.75, 3.05) is 13.2 Å². The van der Waals surface area contributed by atoms with Gasteiger partial charge < -0.3 is 15.0 Å². The summed E-state index contributed by atoms with van der Waals surface area (Å²) in [6.07, 6.45) is 0.768. The number of nitrogens with two attached hydrogens (primary N) is 1. The largest absolute Gasteiger partial charge is 0.374 e. The summed E-state index contributed by atoms with van der Waals surface area (Å²) in [4.78, 5) is 8.57. The fourth-order valence-corrected chi connectivity index (χ4v) is 2.05. The Kier molecular flexibility index (Phi) is 4.18. The molecule has 7 heteroatoms. The highest BCUT2D eigenvalue weighted by Gasteiger charge is 2.12. The van der Waals surface area contributed by atoms with Crippen LogP contribution in [0.15, 0.2) is 9.90 Å². The van der Waals surface area contributed by atoms with Crippen LogP contribution in [0, 0.1) is 0 Å². The Labute approximate surface area is 103 Å². The minimum atomic E-state index is 0.361. The summed E-state index contributed by atoms with van der Waals surface area (Å²) >= 11 is 1.55. The number of aromatic nitrogens is 3. The zero-order chi connectivity index (χ0) is 12.1. The Morgan fingerprint density at radius 1 is 1.47 bits per heavy atom. The topological polar surface area (TPSA) is 87.1 Å². The molecule has 0 aliphatic heterocycles. The van der Waals surface area contributed by atoms with Crippen molar-refractivity contribution >= 4 is 11.3 Å². The zero-order valence-corrected chi connectivity index (χ0v) is 10.4. The first-order valence-electron chi connectivity index (χ1n) is 5.38. The fraction of sp³-hybridized carbons (Fsp3) is 0.500. The molecule has 0 atom stereocenters. The molecule has 2 rings (SSSR count). The van der Waals surface area contributed by atoms with Gasteiger partial charge >= 0.3 is 0 Å². The van der Waals surface area contributed by atoms with Crippen LogP contribution in [-0.4, -0.2) is 28.3 Å². The Bertz CT molecular complexity index is 468. The van der Waals surface area contributed by atoms with E-state index in [0.29, 0.717) is 37.2 Å². The lowest BCUT2D eigenvalue weighted by Crippen LogP contribution is -2.01. The van der Waals surface area contributed by atoms with E-state index in [4.69, 9.17) is 15.0 Å². The molecule has 0 aromatic carbocycles. The molecule has 0 bridgehead atoms. The molecule has 0 radical (unpaired) electrons. The third-order valence-electron chi connectivity index (χ3n) is 2.03. The Balaban J connectivity index is 2.07. The number of hydrogen-bond acceptors (Lipinski definition) is 7. The number of ether oxygens (including phenoxy) is 1. The standard InChI is InChI=1S/C10H14N4O2S/c1-2-15-5-8-13-10(16-14-8)7-6-17-9(12-7)3-4-11/h6H,2-5,11H2,1H3. The maximum atomic E-state index is 5.47. The molecule has 0 fully saturated rings. The van der Waals surface area contributed by atoms with Gasteiger partial charge in [0, 0.05) is 18.4 Å². The molecular weight excluding hydrogens is 240 g/mol. The summed E-state index contributed by atoms with van der Waals surface area (Å²) in [5.41, 5.74) is 6.17. The van der Waals surface area contributed by atoms with Gasteiger partial charge in [-0.05, 0) is 13.5 Å². The number of thiazole rings is 1. The third-order valence-corrected chi connectivity index (χ3v) is 2.94. The van der Waals surface area contributed by atoms with Gasteiger partial charge in [-0.15, -0.1) is 11.3 Å². The second-order valence-electron chi connectivity index (χ2n) is 3.32. The molecule has 0 saturated carbocycles. The van der Waals surface area contributed by atoms with Crippen LogP contribution in [0.2, 0.25) is 0 Å². The minimum Gasteiger partial charge on any atom is -0.374 e.